The Labute approximate surface area is 147 Å². The lowest BCUT2D eigenvalue weighted by Crippen LogP contribution is -2.54. The van der Waals surface area contributed by atoms with E-state index < -0.39 is 11.6 Å². The van der Waals surface area contributed by atoms with Crippen LogP contribution >= 0.6 is 0 Å². The van der Waals surface area contributed by atoms with Crippen molar-refractivity contribution in [1.29, 1.82) is 0 Å². The van der Waals surface area contributed by atoms with Gasteiger partial charge < -0.3 is 24.8 Å². The molecule has 0 amide bonds. The van der Waals surface area contributed by atoms with Crippen molar-refractivity contribution in [1.82, 2.24) is 4.90 Å². The Kier molecular flexibility index (Phi) is 5.57. The SMILES string of the molecule is [B][C@@H]1O[C@]2(COC(C)C)CN(C(N)=NC(C)(C)C)C1C2OC(C)C. The molecular formula is C17H32BN3O3. The number of nitrogens with two attached hydrogens (primary N) is 1. The minimum Gasteiger partial charge on any atom is -0.376 e. The van der Waals surface area contributed by atoms with Gasteiger partial charge in [0.2, 0.25) is 0 Å². The fourth-order valence-corrected chi connectivity index (χ4v) is 3.36. The van der Waals surface area contributed by atoms with E-state index in [1.807, 2.05) is 53.4 Å². The Morgan fingerprint density at radius 1 is 1.33 bits per heavy atom. The first-order chi connectivity index (χ1) is 10.9. The van der Waals surface area contributed by atoms with E-state index in [4.69, 9.17) is 27.8 Å². The zero-order chi connectivity index (χ0) is 18.3. The number of rotatable bonds is 5. The zero-order valence-electron chi connectivity index (χ0n) is 16.1. The summed E-state index contributed by atoms with van der Waals surface area (Å²) >= 11 is 0. The van der Waals surface area contributed by atoms with Crippen molar-refractivity contribution in [2.75, 3.05) is 13.2 Å². The van der Waals surface area contributed by atoms with E-state index >= 15 is 0 Å². The number of likely N-dealkylation sites (tertiary alicyclic amines) is 1. The smallest absolute Gasteiger partial charge is 0.192 e. The van der Waals surface area contributed by atoms with Crippen molar-refractivity contribution >= 4 is 13.8 Å². The third-order valence-corrected chi connectivity index (χ3v) is 4.16. The summed E-state index contributed by atoms with van der Waals surface area (Å²) in [5.41, 5.74) is 5.42. The van der Waals surface area contributed by atoms with Gasteiger partial charge in [-0.25, -0.2) is 4.99 Å². The van der Waals surface area contributed by atoms with Crippen LogP contribution in [0.3, 0.4) is 0 Å². The van der Waals surface area contributed by atoms with E-state index in [0.717, 1.165) is 0 Å². The first-order valence-corrected chi connectivity index (χ1v) is 8.77. The second kappa shape index (κ2) is 6.85. The summed E-state index contributed by atoms with van der Waals surface area (Å²) in [7, 11) is 6.26. The van der Waals surface area contributed by atoms with Gasteiger partial charge in [0.1, 0.15) is 19.6 Å². The van der Waals surface area contributed by atoms with Crippen LogP contribution in [-0.4, -0.2) is 73.4 Å². The van der Waals surface area contributed by atoms with Crippen molar-refractivity contribution < 1.29 is 14.2 Å². The van der Waals surface area contributed by atoms with Gasteiger partial charge in [0.05, 0.1) is 36.9 Å². The maximum absolute atomic E-state index is 6.29. The summed E-state index contributed by atoms with van der Waals surface area (Å²) in [6.07, 6.45) is -0.0295. The van der Waals surface area contributed by atoms with Gasteiger partial charge in [-0.05, 0) is 48.5 Å². The Bertz CT molecular complexity index is 478. The topological polar surface area (TPSA) is 69.3 Å². The molecule has 2 bridgehead atoms. The van der Waals surface area contributed by atoms with E-state index in [-0.39, 0.29) is 29.9 Å². The summed E-state index contributed by atoms with van der Waals surface area (Å²) in [6.45, 7) is 15.1. The normalized spacial score (nSPS) is 34.0. The van der Waals surface area contributed by atoms with Crippen LogP contribution < -0.4 is 5.73 Å². The molecule has 2 aliphatic rings. The van der Waals surface area contributed by atoms with Crippen LogP contribution in [0.25, 0.3) is 0 Å². The van der Waals surface area contributed by atoms with Crippen LogP contribution in [0.5, 0.6) is 0 Å². The van der Waals surface area contributed by atoms with Gasteiger partial charge in [-0.2, -0.15) is 0 Å². The summed E-state index contributed by atoms with van der Waals surface area (Å²) in [4.78, 5) is 6.62. The van der Waals surface area contributed by atoms with Crippen LogP contribution in [0.2, 0.25) is 0 Å². The second-order valence-electron chi connectivity index (χ2n) is 8.37. The molecule has 2 heterocycles. The highest BCUT2D eigenvalue weighted by Crippen LogP contribution is 2.43. The molecule has 2 rings (SSSR count). The Morgan fingerprint density at radius 2 is 1.96 bits per heavy atom. The van der Waals surface area contributed by atoms with E-state index in [0.29, 0.717) is 19.1 Å². The maximum atomic E-state index is 6.29. The standard InChI is InChI=1S/C17H32BN3O3/c1-10(2)22-9-17-8-21(15(19)20-16(5,6)7)12(14(18)24-17)13(17)23-11(3)4/h10-14H,8-9H2,1-7H3,(H2,19,20)/t12?,13?,14-,17+/m1/s1. The zero-order valence-corrected chi connectivity index (χ0v) is 16.1. The highest BCUT2D eigenvalue weighted by molar-refractivity contribution is 6.12. The molecule has 0 aliphatic carbocycles. The molecule has 2 aliphatic heterocycles. The lowest BCUT2D eigenvalue weighted by molar-refractivity contribution is -0.142. The van der Waals surface area contributed by atoms with Gasteiger partial charge >= 0.3 is 0 Å². The van der Waals surface area contributed by atoms with E-state index in [1.54, 1.807) is 0 Å². The second-order valence-corrected chi connectivity index (χ2v) is 8.37. The summed E-state index contributed by atoms with van der Waals surface area (Å²) < 4.78 is 18.1. The Hall–Kier alpha value is -0.785. The lowest BCUT2D eigenvalue weighted by Gasteiger charge is -2.37. The number of fused-ring (bicyclic) bond motifs is 2. The maximum Gasteiger partial charge on any atom is 0.192 e. The first kappa shape index (κ1) is 19.5. The summed E-state index contributed by atoms with van der Waals surface area (Å²) in [5.74, 6) is 0.482. The van der Waals surface area contributed by atoms with Gasteiger partial charge in [-0.3, -0.25) is 0 Å². The van der Waals surface area contributed by atoms with Crippen molar-refractivity contribution in [3.05, 3.63) is 0 Å². The molecule has 2 unspecified atom stereocenters. The fourth-order valence-electron chi connectivity index (χ4n) is 3.36. The molecule has 2 radical (unpaired) electrons. The van der Waals surface area contributed by atoms with Gasteiger partial charge in [0, 0.05) is 6.00 Å². The number of ether oxygens (including phenoxy) is 3. The van der Waals surface area contributed by atoms with Crippen LogP contribution in [-0.2, 0) is 14.2 Å². The number of hydrogen-bond acceptors (Lipinski definition) is 4. The Balaban J connectivity index is 2.30. The first-order valence-electron chi connectivity index (χ1n) is 8.77. The average molecular weight is 337 g/mol. The van der Waals surface area contributed by atoms with Gasteiger partial charge in [-0.15, -0.1) is 0 Å². The van der Waals surface area contributed by atoms with Crippen molar-refractivity contribution in [3.63, 3.8) is 0 Å². The van der Waals surface area contributed by atoms with Crippen LogP contribution in [0.1, 0.15) is 48.5 Å². The van der Waals surface area contributed by atoms with Gasteiger partial charge in [-0.1, -0.05) is 0 Å². The molecule has 4 atom stereocenters. The minimum atomic E-state index is -0.614. The highest BCUT2D eigenvalue weighted by Gasteiger charge is 2.63. The fraction of sp³-hybridized carbons (Fsp3) is 0.941. The molecule has 0 aromatic heterocycles. The third-order valence-electron chi connectivity index (χ3n) is 4.16. The molecule has 2 N–H and O–H groups in total. The molecule has 2 fully saturated rings. The molecule has 0 aromatic rings. The predicted octanol–water partition coefficient (Wildman–Crippen LogP) is 1.27. The van der Waals surface area contributed by atoms with Crippen LogP contribution in [0.4, 0.5) is 0 Å². The van der Waals surface area contributed by atoms with Crippen LogP contribution in [0, 0.1) is 0 Å². The van der Waals surface area contributed by atoms with Crippen molar-refractivity contribution in [3.8, 4) is 0 Å². The molecule has 24 heavy (non-hydrogen) atoms. The largest absolute Gasteiger partial charge is 0.376 e. The highest BCUT2D eigenvalue weighted by atomic mass is 16.6. The predicted molar refractivity (Wildman–Crippen MR) is 96.3 cm³/mol. The molecule has 136 valence electrons. The van der Waals surface area contributed by atoms with Gasteiger partial charge in [0.25, 0.3) is 0 Å². The molecule has 7 heteroatoms. The Morgan fingerprint density at radius 3 is 2.46 bits per heavy atom. The van der Waals surface area contributed by atoms with E-state index in [2.05, 4.69) is 4.99 Å². The molecule has 0 spiro atoms. The monoisotopic (exact) mass is 337 g/mol. The van der Waals surface area contributed by atoms with E-state index in [9.17, 15) is 0 Å². The lowest BCUT2D eigenvalue weighted by atomic mass is 9.90. The summed E-state index contributed by atoms with van der Waals surface area (Å²) in [6, 6.07) is -0.638. The molecule has 0 aromatic carbocycles. The molecule has 0 saturated carbocycles. The number of hydrogen-bond donors (Lipinski definition) is 1. The number of morpholine rings is 1. The number of aliphatic imine (C=N–C) groups is 1. The average Bonchev–Trinajstić information content (AvgIpc) is 2.83. The quantitative estimate of drug-likeness (QED) is 0.465. The number of nitrogens with zero attached hydrogens (tertiary/aromatic N) is 2. The molecule has 2 saturated heterocycles. The van der Waals surface area contributed by atoms with Crippen molar-refractivity contribution in [2.24, 2.45) is 10.7 Å². The molecular weight excluding hydrogens is 305 g/mol. The summed E-state index contributed by atoms with van der Waals surface area (Å²) in [5, 5.41) is 0. The third kappa shape index (κ3) is 4.06. The number of guanidine groups is 1. The van der Waals surface area contributed by atoms with Gasteiger partial charge in [0.15, 0.2) is 5.96 Å². The van der Waals surface area contributed by atoms with Crippen molar-refractivity contribution in [2.45, 2.75) is 90.0 Å². The minimum absolute atomic E-state index is 0.0607. The van der Waals surface area contributed by atoms with Crippen LogP contribution in [0.15, 0.2) is 4.99 Å². The van der Waals surface area contributed by atoms with E-state index in [1.165, 1.54) is 0 Å². The molecule has 6 nitrogen and oxygen atoms in total.